The number of rotatable bonds is 2. The van der Waals surface area contributed by atoms with Gasteiger partial charge in [0.05, 0.1) is 17.4 Å². The lowest BCUT2D eigenvalue weighted by atomic mass is 10.1. The molecule has 0 amide bonds. The van der Waals surface area contributed by atoms with Crippen LogP contribution < -0.4 is 5.43 Å². The Morgan fingerprint density at radius 1 is 1.42 bits per heavy atom. The standard InChI is InChI=1S/C11H7BrN2O5/c1-19-11(16)7-4-9(15)6-2-5(12)3-8(14(17)18)10(6)13-7/h2-4H,1H3,(H,13,15). The van der Waals surface area contributed by atoms with Gasteiger partial charge in [-0.2, -0.15) is 0 Å². The van der Waals surface area contributed by atoms with E-state index in [2.05, 4.69) is 25.7 Å². The second-order valence-corrected chi connectivity index (χ2v) is 4.56. The van der Waals surface area contributed by atoms with Gasteiger partial charge >= 0.3 is 5.97 Å². The fourth-order valence-corrected chi connectivity index (χ4v) is 2.11. The van der Waals surface area contributed by atoms with Gasteiger partial charge in [0.1, 0.15) is 11.2 Å². The number of nitro benzene ring substituents is 1. The predicted molar refractivity (Wildman–Crippen MR) is 70.3 cm³/mol. The van der Waals surface area contributed by atoms with Gasteiger partial charge in [-0.1, -0.05) is 15.9 Å². The number of non-ortho nitro benzene ring substituents is 1. The molecule has 1 heterocycles. The Morgan fingerprint density at radius 2 is 2.11 bits per heavy atom. The molecular formula is C11H7BrN2O5. The van der Waals surface area contributed by atoms with Crippen molar-refractivity contribution in [2.24, 2.45) is 0 Å². The highest BCUT2D eigenvalue weighted by Crippen LogP contribution is 2.27. The molecule has 0 bridgehead atoms. The Bertz CT molecular complexity index is 753. The molecule has 0 aliphatic heterocycles. The van der Waals surface area contributed by atoms with Gasteiger partial charge in [-0.25, -0.2) is 4.79 Å². The second-order valence-electron chi connectivity index (χ2n) is 3.64. The van der Waals surface area contributed by atoms with Crippen LogP contribution in [0.15, 0.2) is 27.5 Å². The van der Waals surface area contributed by atoms with E-state index >= 15 is 0 Å². The monoisotopic (exact) mass is 326 g/mol. The van der Waals surface area contributed by atoms with Crippen LogP contribution >= 0.6 is 15.9 Å². The Morgan fingerprint density at radius 3 is 2.68 bits per heavy atom. The molecule has 0 radical (unpaired) electrons. The summed E-state index contributed by atoms with van der Waals surface area (Å²) in [4.78, 5) is 36.2. The summed E-state index contributed by atoms with van der Waals surface area (Å²) in [5.41, 5.74) is -0.947. The van der Waals surface area contributed by atoms with E-state index in [1.807, 2.05) is 0 Å². The number of halogens is 1. The largest absolute Gasteiger partial charge is 0.464 e. The normalized spacial score (nSPS) is 10.4. The maximum Gasteiger partial charge on any atom is 0.354 e. The lowest BCUT2D eigenvalue weighted by Crippen LogP contribution is -2.12. The molecule has 1 aromatic heterocycles. The van der Waals surface area contributed by atoms with Crippen molar-refractivity contribution in [2.75, 3.05) is 7.11 Å². The highest BCUT2D eigenvalue weighted by Gasteiger charge is 2.18. The Balaban J connectivity index is 2.89. The maximum atomic E-state index is 11.9. The van der Waals surface area contributed by atoms with Crippen LogP contribution in [0.3, 0.4) is 0 Å². The topological polar surface area (TPSA) is 102 Å². The number of nitrogens with zero attached hydrogens (tertiary/aromatic N) is 1. The first kappa shape index (κ1) is 13.2. The van der Waals surface area contributed by atoms with Crippen LogP contribution in [0.1, 0.15) is 10.5 Å². The summed E-state index contributed by atoms with van der Waals surface area (Å²) >= 11 is 3.10. The van der Waals surface area contributed by atoms with Gasteiger partial charge in [-0.3, -0.25) is 14.9 Å². The number of hydrogen-bond donors (Lipinski definition) is 1. The van der Waals surface area contributed by atoms with Crippen molar-refractivity contribution in [1.29, 1.82) is 0 Å². The minimum absolute atomic E-state index is 0.0129. The molecule has 0 spiro atoms. The summed E-state index contributed by atoms with van der Waals surface area (Å²) < 4.78 is 4.88. The Hall–Kier alpha value is -2.22. The second kappa shape index (κ2) is 4.81. The third-order valence-electron chi connectivity index (χ3n) is 2.48. The van der Waals surface area contributed by atoms with Crippen LogP contribution in [-0.2, 0) is 4.74 Å². The molecule has 98 valence electrons. The number of nitrogens with one attached hydrogen (secondary N) is 1. The molecule has 7 nitrogen and oxygen atoms in total. The Kier molecular flexibility index (Phi) is 3.34. The van der Waals surface area contributed by atoms with Gasteiger partial charge in [0.15, 0.2) is 5.43 Å². The molecule has 0 unspecified atom stereocenters. The van der Waals surface area contributed by atoms with Crippen molar-refractivity contribution in [3.05, 3.63) is 48.7 Å². The highest BCUT2D eigenvalue weighted by molar-refractivity contribution is 9.10. The number of aromatic nitrogens is 1. The fraction of sp³-hybridized carbons (Fsp3) is 0.0909. The zero-order valence-corrected chi connectivity index (χ0v) is 11.2. The van der Waals surface area contributed by atoms with Crippen molar-refractivity contribution in [1.82, 2.24) is 4.98 Å². The number of carbonyl (C=O) groups excluding carboxylic acids is 1. The van der Waals surface area contributed by atoms with Gasteiger partial charge in [0.25, 0.3) is 5.69 Å². The quantitative estimate of drug-likeness (QED) is 0.516. The number of esters is 1. The zero-order chi connectivity index (χ0) is 14.2. The molecule has 1 N–H and O–H groups in total. The van der Waals surface area contributed by atoms with Crippen molar-refractivity contribution < 1.29 is 14.5 Å². The molecule has 0 aliphatic rings. The van der Waals surface area contributed by atoms with E-state index in [0.29, 0.717) is 4.47 Å². The first-order valence-corrected chi connectivity index (χ1v) is 5.82. The molecule has 0 fully saturated rings. The lowest BCUT2D eigenvalue weighted by Gasteiger charge is -2.04. The SMILES string of the molecule is COC(=O)c1cc(=O)c2cc(Br)cc([N+](=O)[O-])c2[nH]1. The number of hydrogen-bond acceptors (Lipinski definition) is 5. The summed E-state index contributed by atoms with van der Waals surface area (Å²) in [5, 5.41) is 11.1. The molecule has 0 saturated heterocycles. The summed E-state index contributed by atoms with van der Waals surface area (Å²) in [6.07, 6.45) is 0. The van der Waals surface area contributed by atoms with Gasteiger partial charge in [-0.15, -0.1) is 0 Å². The summed E-state index contributed by atoms with van der Waals surface area (Å²) in [5.74, 6) is -0.767. The summed E-state index contributed by atoms with van der Waals surface area (Å²) in [7, 11) is 1.15. The summed E-state index contributed by atoms with van der Waals surface area (Å²) in [6.45, 7) is 0. The number of methoxy groups -OCH3 is 1. The average Bonchev–Trinajstić information content (AvgIpc) is 2.37. The minimum atomic E-state index is -0.767. The average molecular weight is 327 g/mol. The molecule has 8 heteroatoms. The Labute approximate surface area is 114 Å². The van der Waals surface area contributed by atoms with Crippen LogP contribution in [-0.4, -0.2) is 23.0 Å². The molecule has 19 heavy (non-hydrogen) atoms. The molecule has 0 saturated carbocycles. The van der Waals surface area contributed by atoms with Crippen LogP contribution in [0.4, 0.5) is 5.69 Å². The molecule has 2 aromatic rings. The van der Waals surface area contributed by atoms with Crippen LogP contribution in [0.25, 0.3) is 10.9 Å². The van der Waals surface area contributed by atoms with E-state index in [4.69, 9.17) is 0 Å². The van der Waals surface area contributed by atoms with Crippen molar-refractivity contribution in [3.63, 3.8) is 0 Å². The highest BCUT2D eigenvalue weighted by atomic mass is 79.9. The third kappa shape index (κ3) is 2.34. The smallest absolute Gasteiger partial charge is 0.354 e. The van der Waals surface area contributed by atoms with E-state index in [0.717, 1.165) is 13.2 Å². The zero-order valence-electron chi connectivity index (χ0n) is 9.60. The molecular weight excluding hydrogens is 320 g/mol. The van der Waals surface area contributed by atoms with Crippen LogP contribution in [0.5, 0.6) is 0 Å². The number of benzene rings is 1. The number of pyridine rings is 1. The number of fused-ring (bicyclic) bond motifs is 1. The van der Waals surface area contributed by atoms with E-state index in [1.54, 1.807) is 0 Å². The van der Waals surface area contributed by atoms with Crippen molar-refractivity contribution in [2.45, 2.75) is 0 Å². The number of ether oxygens (including phenoxy) is 1. The molecule has 0 aliphatic carbocycles. The van der Waals surface area contributed by atoms with Gasteiger partial charge < -0.3 is 9.72 Å². The number of nitro groups is 1. The first-order valence-electron chi connectivity index (χ1n) is 5.03. The predicted octanol–water partition coefficient (Wildman–Crippen LogP) is 1.99. The van der Waals surface area contributed by atoms with Crippen molar-refractivity contribution in [3.8, 4) is 0 Å². The molecule has 0 atom stereocenters. The van der Waals surface area contributed by atoms with E-state index in [1.165, 1.54) is 12.1 Å². The van der Waals surface area contributed by atoms with Gasteiger partial charge in [-0.05, 0) is 6.07 Å². The van der Waals surface area contributed by atoms with Crippen LogP contribution in [0, 0.1) is 10.1 Å². The first-order chi connectivity index (χ1) is 8.93. The van der Waals surface area contributed by atoms with E-state index < -0.39 is 16.3 Å². The van der Waals surface area contributed by atoms with E-state index in [9.17, 15) is 19.7 Å². The van der Waals surface area contributed by atoms with Crippen LogP contribution in [0.2, 0.25) is 0 Å². The van der Waals surface area contributed by atoms with Crippen molar-refractivity contribution >= 4 is 38.5 Å². The maximum absolute atomic E-state index is 11.9. The lowest BCUT2D eigenvalue weighted by molar-refractivity contribution is -0.383. The number of carbonyl (C=O) groups is 1. The van der Waals surface area contributed by atoms with E-state index in [-0.39, 0.29) is 22.3 Å². The number of aromatic amines is 1. The van der Waals surface area contributed by atoms with Gasteiger partial charge in [0.2, 0.25) is 0 Å². The fourth-order valence-electron chi connectivity index (χ4n) is 1.66. The minimum Gasteiger partial charge on any atom is -0.464 e. The third-order valence-corrected chi connectivity index (χ3v) is 2.94. The molecule has 1 aromatic carbocycles. The number of H-pyrrole nitrogens is 1. The summed E-state index contributed by atoms with van der Waals surface area (Å²) in [6, 6.07) is 3.74. The van der Waals surface area contributed by atoms with Gasteiger partial charge in [0, 0.05) is 16.6 Å². The molecule has 2 rings (SSSR count).